The molecule has 0 spiro atoms. The molecule has 2 aromatic rings. The molecule has 0 bridgehead atoms. The third-order valence-corrected chi connectivity index (χ3v) is 4.03. The van der Waals surface area contributed by atoms with Gasteiger partial charge in [0, 0.05) is 23.9 Å². The van der Waals surface area contributed by atoms with Gasteiger partial charge in [-0.15, -0.1) is 0 Å². The predicted octanol–water partition coefficient (Wildman–Crippen LogP) is 3.71. The number of halogens is 1. The number of fused-ring (bicyclic) bond motifs is 2. The van der Waals surface area contributed by atoms with E-state index in [1.165, 1.54) is 24.3 Å². The number of carbonyl (C=O) groups excluding carboxylic acids is 1. The van der Waals surface area contributed by atoms with E-state index < -0.39 is 5.91 Å². The summed E-state index contributed by atoms with van der Waals surface area (Å²) in [6, 6.07) is 13.1. The second kappa shape index (κ2) is 6.28. The number of carbonyl (C=O) groups is 1. The molecule has 122 valence electrons. The summed E-state index contributed by atoms with van der Waals surface area (Å²) < 4.78 is 13.1. The molecule has 0 saturated heterocycles. The maximum absolute atomic E-state index is 13.1. The van der Waals surface area contributed by atoms with Crippen LogP contribution < -0.4 is 0 Å². The van der Waals surface area contributed by atoms with E-state index in [4.69, 9.17) is 0 Å². The zero-order chi connectivity index (χ0) is 17.2. The number of hydrogen-bond donors (Lipinski definition) is 0. The minimum atomic E-state index is -0.446. The first-order chi connectivity index (χ1) is 12.2. The van der Waals surface area contributed by atoms with Crippen LogP contribution in [0.15, 0.2) is 82.9 Å². The van der Waals surface area contributed by atoms with Crippen molar-refractivity contribution in [2.45, 2.75) is 6.54 Å². The summed E-state index contributed by atoms with van der Waals surface area (Å²) in [4.78, 5) is 23.3. The van der Waals surface area contributed by atoms with Crippen molar-refractivity contribution >= 4 is 17.6 Å². The highest BCUT2D eigenvalue weighted by Crippen LogP contribution is 2.21. The molecule has 2 aromatic carbocycles. The zero-order valence-electron chi connectivity index (χ0n) is 13.3. The SMILES string of the molecule is O=C(N=C1N=C2C=CC=CN2Cc2ccccc21)c1ccc(F)cc1. The molecule has 0 N–H and O–H groups in total. The van der Waals surface area contributed by atoms with Crippen LogP contribution in [-0.4, -0.2) is 22.5 Å². The van der Waals surface area contributed by atoms with Crippen molar-refractivity contribution in [1.29, 1.82) is 0 Å². The molecule has 2 heterocycles. The third kappa shape index (κ3) is 3.04. The topological polar surface area (TPSA) is 45.0 Å². The Morgan fingerprint density at radius 1 is 1.08 bits per heavy atom. The Morgan fingerprint density at radius 2 is 1.88 bits per heavy atom. The highest BCUT2D eigenvalue weighted by atomic mass is 19.1. The molecule has 0 fully saturated rings. The van der Waals surface area contributed by atoms with Crippen LogP contribution in [-0.2, 0) is 6.54 Å². The molecule has 0 saturated carbocycles. The van der Waals surface area contributed by atoms with Crippen LogP contribution in [0.25, 0.3) is 0 Å². The lowest BCUT2D eigenvalue weighted by molar-refractivity contribution is 0.100. The average molecular weight is 331 g/mol. The van der Waals surface area contributed by atoms with E-state index >= 15 is 0 Å². The maximum Gasteiger partial charge on any atom is 0.279 e. The van der Waals surface area contributed by atoms with E-state index in [0.29, 0.717) is 17.9 Å². The number of benzene rings is 2. The minimum absolute atomic E-state index is 0.326. The molecule has 25 heavy (non-hydrogen) atoms. The van der Waals surface area contributed by atoms with Gasteiger partial charge in [0.1, 0.15) is 11.7 Å². The first kappa shape index (κ1) is 15.2. The van der Waals surface area contributed by atoms with Crippen LogP contribution in [0.2, 0.25) is 0 Å². The molecule has 2 aliphatic heterocycles. The van der Waals surface area contributed by atoms with Gasteiger partial charge in [0.2, 0.25) is 0 Å². The lowest BCUT2D eigenvalue weighted by Gasteiger charge is -2.20. The van der Waals surface area contributed by atoms with E-state index in [2.05, 4.69) is 9.98 Å². The summed E-state index contributed by atoms with van der Waals surface area (Å²) >= 11 is 0. The summed E-state index contributed by atoms with van der Waals surface area (Å²) in [5.74, 6) is 0.253. The number of allylic oxidation sites excluding steroid dienone is 2. The third-order valence-electron chi connectivity index (χ3n) is 4.03. The second-order valence-electron chi connectivity index (χ2n) is 5.70. The van der Waals surface area contributed by atoms with Crippen molar-refractivity contribution in [1.82, 2.24) is 4.90 Å². The fourth-order valence-electron chi connectivity index (χ4n) is 2.77. The minimum Gasteiger partial charge on any atom is -0.329 e. The van der Waals surface area contributed by atoms with Gasteiger partial charge in [0.05, 0.1) is 0 Å². The lowest BCUT2D eigenvalue weighted by atomic mass is 10.1. The highest BCUT2D eigenvalue weighted by Gasteiger charge is 2.20. The van der Waals surface area contributed by atoms with Gasteiger partial charge in [-0.1, -0.05) is 30.3 Å². The molecule has 0 unspecified atom stereocenters. The van der Waals surface area contributed by atoms with Crippen molar-refractivity contribution in [3.05, 3.63) is 95.5 Å². The van der Waals surface area contributed by atoms with Crippen LogP contribution >= 0.6 is 0 Å². The smallest absolute Gasteiger partial charge is 0.279 e. The maximum atomic E-state index is 13.1. The molecular weight excluding hydrogens is 317 g/mol. The van der Waals surface area contributed by atoms with Gasteiger partial charge in [-0.3, -0.25) is 4.79 Å². The van der Waals surface area contributed by atoms with Crippen molar-refractivity contribution in [2.75, 3.05) is 0 Å². The fourth-order valence-corrected chi connectivity index (χ4v) is 2.77. The molecule has 4 nitrogen and oxygen atoms in total. The van der Waals surface area contributed by atoms with Gasteiger partial charge in [-0.25, -0.2) is 9.38 Å². The van der Waals surface area contributed by atoms with E-state index in [1.54, 1.807) is 0 Å². The molecule has 0 atom stereocenters. The number of nitrogens with zero attached hydrogens (tertiary/aromatic N) is 3. The van der Waals surface area contributed by atoms with Gasteiger partial charge in [-0.05, 0) is 42.0 Å². The van der Waals surface area contributed by atoms with Crippen molar-refractivity contribution in [3.63, 3.8) is 0 Å². The number of hydrogen-bond acceptors (Lipinski definition) is 2. The Kier molecular flexibility index (Phi) is 3.82. The van der Waals surface area contributed by atoms with Crippen molar-refractivity contribution < 1.29 is 9.18 Å². The Bertz CT molecular complexity index is 955. The van der Waals surface area contributed by atoms with Crippen LogP contribution in [0.3, 0.4) is 0 Å². The van der Waals surface area contributed by atoms with Gasteiger partial charge in [-0.2, -0.15) is 4.99 Å². The molecular formula is C20H14FN3O. The van der Waals surface area contributed by atoms with E-state index in [1.807, 2.05) is 53.6 Å². The molecule has 0 aromatic heterocycles. The first-order valence-electron chi connectivity index (χ1n) is 7.88. The Labute approximate surface area is 144 Å². The highest BCUT2D eigenvalue weighted by molar-refractivity contribution is 6.16. The summed E-state index contributed by atoms with van der Waals surface area (Å²) in [7, 11) is 0. The monoisotopic (exact) mass is 331 g/mol. The fraction of sp³-hybridized carbons (Fsp3) is 0.0500. The lowest BCUT2D eigenvalue weighted by Crippen LogP contribution is -2.24. The summed E-state index contributed by atoms with van der Waals surface area (Å²) in [6.45, 7) is 0.652. The van der Waals surface area contributed by atoms with Gasteiger partial charge in [0.25, 0.3) is 5.91 Å². The van der Waals surface area contributed by atoms with Crippen LogP contribution in [0.5, 0.6) is 0 Å². The average Bonchev–Trinajstić information content (AvgIpc) is 2.79. The van der Waals surface area contributed by atoms with E-state index in [-0.39, 0.29) is 5.82 Å². The molecule has 1 amide bonds. The van der Waals surface area contributed by atoms with Crippen LogP contribution in [0.1, 0.15) is 21.5 Å². The predicted molar refractivity (Wildman–Crippen MR) is 95.0 cm³/mol. The summed E-state index contributed by atoms with van der Waals surface area (Å²) in [6.07, 6.45) is 7.66. The number of rotatable bonds is 1. The molecule has 5 heteroatoms. The van der Waals surface area contributed by atoms with E-state index in [0.717, 1.165) is 17.0 Å². The standard InChI is InChI=1S/C20H14FN3O/c21-16-10-8-14(9-11-16)20(25)23-19-17-6-2-1-5-15(17)13-24-12-4-3-7-18(24)22-19/h1-12H,13H2. The second-order valence-corrected chi connectivity index (χ2v) is 5.70. The Morgan fingerprint density at radius 3 is 2.72 bits per heavy atom. The van der Waals surface area contributed by atoms with Gasteiger partial charge in [0.15, 0.2) is 5.84 Å². The molecule has 4 rings (SSSR count). The summed E-state index contributed by atoms with van der Waals surface area (Å²) in [5.41, 5.74) is 2.18. The normalized spacial score (nSPS) is 16.9. The Hall–Kier alpha value is -3.34. The zero-order valence-corrected chi connectivity index (χ0v) is 13.3. The van der Waals surface area contributed by atoms with Gasteiger partial charge >= 0.3 is 0 Å². The molecule has 0 aliphatic carbocycles. The molecule has 0 radical (unpaired) electrons. The first-order valence-corrected chi connectivity index (χ1v) is 7.88. The number of aliphatic imine (C=N–C) groups is 2. The van der Waals surface area contributed by atoms with Crippen LogP contribution in [0, 0.1) is 5.82 Å². The number of amidine groups is 2. The van der Waals surface area contributed by atoms with Gasteiger partial charge < -0.3 is 4.90 Å². The Balaban J connectivity index is 1.80. The summed E-state index contributed by atoms with van der Waals surface area (Å²) in [5, 5.41) is 0. The van der Waals surface area contributed by atoms with Crippen LogP contribution in [0.4, 0.5) is 4.39 Å². The van der Waals surface area contributed by atoms with Crippen molar-refractivity contribution in [2.24, 2.45) is 9.98 Å². The van der Waals surface area contributed by atoms with Crippen molar-refractivity contribution in [3.8, 4) is 0 Å². The largest absolute Gasteiger partial charge is 0.329 e. The van der Waals surface area contributed by atoms with E-state index in [9.17, 15) is 9.18 Å². The molecule has 2 aliphatic rings. The quantitative estimate of drug-likeness (QED) is 0.799. The number of amides is 1.